The molecule has 0 fully saturated rings. The summed E-state index contributed by atoms with van der Waals surface area (Å²) >= 11 is 0. The fourth-order valence-electron chi connectivity index (χ4n) is 1.94. The predicted molar refractivity (Wildman–Crippen MR) is 67.8 cm³/mol. The van der Waals surface area contributed by atoms with E-state index in [1.165, 1.54) is 37.7 Å². The lowest BCUT2D eigenvalue weighted by Crippen LogP contribution is -1.96. The van der Waals surface area contributed by atoms with Crippen LogP contribution in [0.3, 0.4) is 0 Å². The summed E-state index contributed by atoms with van der Waals surface area (Å²) in [4.78, 5) is 0. The van der Waals surface area contributed by atoms with Crippen molar-refractivity contribution in [1.82, 2.24) is 0 Å². The van der Waals surface area contributed by atoms with Gasteiger partial charge in [-0.05, 0) is 24.3 Å². The smallest absolute Gasteiger partial charge is 0.0279 e. The first-order valence-electron chi connectivity index (χ1n) is 6.16. The summed E-state index contributed by atoms with van der Waals surface area (Å²) in [6.07, 6.45) is 7.63. The first-order valence-corrected chi connectivity index (χ1v) is 6.16. The number of rotatable bonds is 7. The molecule has 1 atom stereocenters. The van der Waals surface area contributed by atoms with Gasteiger partial charge in [-0.2, -0.15) is 0 Å². The van der Waals surface area contributed by atoms with E-state index >= 15 is 0 Å². The van der Waals surface area contributed by atoms with Crippen molar-refractivity contribution in [2.24, 2.45) is 5.92 Å². The molecule has 0 heterocycles. The van der Waals surface area contributed by atoms with E-state index in [2.05, 4.69) is 44.2 Å². The molecule has 0 aromatic heterocycles. The Hall–Kier alpha value is -0.780. The lowest BCUT2D eigenvalue weighted by atomic mass is 9.96. The zero-order chi connectivity index (χ0) is 10.9. The number of hydrogen-bond donors (Lipinski definition) is 0. The summed E-state index contributed by atoms with van der Waals surface area (Å²) in [5, 5.41) is 0. The van der Waals surface area contributed by atoms with Gasteiger partial charge in [-0.1, -0.05) is 69.9 Å². The Bertz CT molecular complexity index is 237. The van der Waals surface area contributed by atoms with Crippen LogP contribution in [0.25, 0.3) is 0 Å². The van der Waals surface area contributed by atoms with E-state index < -0.39 is 0 Å². The minimum absolute atomic E-state index is 0.871. The van der Waals surface area contributed by atoms with Crippen LogP contribution in [0.5, 0.6) is 0 Å². The van der Waals surface area contributed by atoms with Crippen molar-refractivity contribution in [3.05, 3.63) is 42.8 Å². The maximum atomic E-state index is 3.89. The minimum atomic E-state index is 0.871. The molecule has 1 radical (unpaired) electrons. The number of unbranched alkanes of at least 4 members (excludes halogenated alkanes) is 1. The summed E-state index contributed by atoms with van der Waals surface area (Å²) in [5.74, 6) is 0.871. The van der Waals surface area contributed by atoms with Crippen LogP contribution in [-0.2, 0) is 6.42 Å². The molecule has 0 spiro atoms. The Balaban J connectivity index is 2.11. The van der Waals surface area contributed by atoms with Gasteiger partial charge in [0.25, 0.3) is 0 Å². The Kier molecular flexibility index (Phi) is 6.15. The summed E-state index contributed by atoms with van der Waals surface area (Å²) < 4.78 is 0. The van der Waals surface area contributed by atoms with Crippen LogP contribution in [-0.4, -0.2) is 0 Å². The van der Waals surface area contributed by atoms with E-state index in [-0.39, 0.29) is 0 Å². The number of hydrogen-bond acceptors (Lipinski definition) is 0. The second-order valence-electron chi connectivity index (χ2n) is 4.48. The molecule has 15 heavy (non-hydrogen) atoms. The standard InChI is InChI=1S/C15H23/c1-3-4-9-14(2)10-8-13-15-11-6-5-7-12-15/h5-7,11-12,14H,1,3-4,8-10,13H2,2H3. The fraction of sp³-hybridized carbons (Fsp3) is 0.533. The average molecular weight is 203 g/mol. The molecule has 0 nitrogen and oxygen atoms in total. The van der Waals surface area contributed by atoms with Crippen molar-refractivity contribution >= 4 is 0 Å². The molecule has 1 aromatic rings. The molecule has 0 saturated carbocycles. The topological polar surface area (TPSA) is 0 Å². The van der Waals surface area contributed by atoms with Crippen molar-refractivity contribution < 1.29 is 0 Å². The largest absolute Gasteiger partial charge is 0.0625 e. The van der Waals surface area contributed by atoms with E-state index in [0.717, 1.165) is 12.3 Å². The molecule has 0 bridgehead atoms. The van der Waals surface area contributed by atoms with E-state index in [0.29, 0.717) is 0 Å². The zero-order valence-corrected chi connectivity index (χ0v) is 9.91. The van der Waals surface area contributed by atoms with Gasteiger partial charge < -0.3 is 0 Å². The molecule has 1 aromatic carbocycles. The predicted octanol–water partition coefficient (Wildman–Crippen LogP) is 4.65. The summed E-state index contributed by atoms with van der Waals surface area (Å²) in [7, 11) is 0. The van der Waals surface area contributed by atoms with Crippen molar-refractivity contribution in [3.63, 3.8) is 0 Å². The third-order valence-corrected chi connectivity index (χ3v) is 2.95. The third kappa shape index (κ3) is 5.61. The van der Waals surface area contributed by atoms with Crippen LogP contribution in [0.2, 0.25) is 0 Å². The van der Waals surface area contributed by atoms with Crippen LogP contribution >= 0.6 is 0 Å². The van der Waals surface area contributed by atoms with Gasteiger partial charge in [0.15, 0.2) is 0 Å². The highest BCUT2D eigenvalue weighted by Crippen LogP contribution is 2.15. The molecular weight excluding hydrogens is 180 g/mol. The molecule has 0 heteroatoms. The van der Waals surface area contributed by atoms with Gasteiger partial charge in [0.05, 0.1) is 0 Å². The summed E-state index contributed by atoms with van der Waals surface area (Å²) in [6, 6.07) is 10.8. The lowest BCUT2D eigenvalue weighted by molar-refractivity contribution is 0.461. The van der Waals surface area contributed by atoms with Crippen LogP contribution in [0.15, 0.2) is 30.3 Å². The summed E-state index contributed by atoms with van der Waals surface area (Å²) in [5.41, 5.74) is 1.47. The van der Waals surface area contributed by atoms with Gasteiger partial charge in [0.2, 0.25) is 0 Å². The second-order valence-corrected chi connectivity index (χ2v) is 4.48. The molecule has 83 valence electrons. The van der Waals surface area contributed by atoms with E-state index in [4.69, 9.17) is 0 Å². The van der Waals surface area contributed by atoms with Crippen LogP contribution in [0, 0.1) is 12.8 Å². The van der Waals surface area contributed by atoms with Crippen molar-refractivity contribution in [1.29, 1.82) is 0 Å². The summed E-state index contributed by atoms with van der Waals surface area (Å²) in [6.45, 7) is 6.25. The van der Waals surface area contributed by atoms with Gasteiger partial charge in [-0.15, -0.1) is 0 Å². The maximum Gasteiger partial charge on any atom is -0.0279 e. The van der Waals surface area contributed by atoms with Crippen molar-refractivity contribution in [3.8, 4) is 0 Å². The first-order chi connectivity index (χ1) is 7.33. The maximum absolute atomic E-state index is 3.89. The normalized spacial score (nSPS) is 12.7. The van der Waals surface area contributed by atoms with E-state index in [1.807, 2.05) is 0 Å². The van der Waals surface area contributed by atoms with Crippen molar-refractivity contribution in [2.45, 2.75) is 45.4 Å². The second kappa shape index (κ2) is 7.50. The number of benzene rings is 1. The zero-order valence-electron chi connectivity index (χ0n) is 9.91. The molecule has 0 saturated heterocycles. The fourth-order valence-corrected chi connectivity index (χ4v) is 1.94. The highest BCUT2D eigenvalue weighted by Gasteiger charge is 2.01. The molecule has 0 aliphatic rings. The minimum Gasteiger partial charge on any atom is -0.0625 e. The SMILES string of the molecule is [CH2]CCCC(C)CCCc1ccccc1. The lowest BCUT2D eigenvalue weighted by Gasteiger charge is -2.10. The monoisotopic (exact) mass is 203 g/mol. The highest BCUT2D eigenvalue weighted by atomic mass is 14.1. The first kappa shape index (κ1) is 12.3. The van der Waals surface area contributed by atoms with Crippen LogP contribution < -0.4 is 0 Å². The van der Waals surface area contributed by atoms with Crippen LogP contribution in [0.1, 0.15) is 44.6 Å². The van der Waals surface area contributed by atoms with Gasteiger partial charge in [0.1, 0.15) is 0 Å². The Morgan fingerprint density at radius 3 is 2.40 bits per heavy atom. The van der Waals surface area contributed by atoms with E-state index in [9.17, 15) is 0 Å². The quantitative estimate of drug-likeness (QED) is 0.605. The molecule has 0 aliphatic carbocycles. The Morgan fingerprint density at radius 1 is 1.07 bits per heavy atom. The molecule has 1 rings (SSSR count). The van der Waals surface area contributed by atoms with Crippen LogP contribution in [0.4, 0.5) is 0 Å². The number of aryl methyl sites for hydroxylation is 1. The average Bonchev–Trinajstić information content (AvgIpc) is 2.28. The van der Waals surface area contributed by atoms with Crippen molar-refractivity contribution in [2.75, 3.05) is 0 Å². The molecular formula is C15H23. The Morgan fingerprint density at radius 2 is 1.73 bits per heavy atom. The van der Waals surface area contributed by atoms with Gasteiger partial charge in [-0.25, -0.2) is 0 Å². The molecule has 1 unspecified atom stereocenters. The van der Waals surface area contributed by atoms with E-state index in [1.54, 1.807) is 0 Å². The van der Waals surface area contributed by atoms with Gasteiger partial charge in [0, 0.05) is 0 Å². The van der Waals surface area contributed by atoms with Gasteiger partial charge in [-0.3, -0.25) is 0 Å². The molecule has 0 amide bonds. The molecule has 0 N–H and O–H groups in total. The molecule has 0 aliphatic heterocycles. The van der Waals surface area contributed by atoms with Gasteiger partial charge >= 0.3 is 0 Å². The Labute approximate surface area is 94.7 Å². The highest BCUT2D eigenvalue weighted by molar-refractivity contribution is 5.14. The third-order valence-electron chi connectivity index (χ3n) is 2.95.